The molecule has 1 atom stereocenters. The van der Waals surface area contributed by atoms with Gasteiger partial charge in [-0.3, -0.25) is 4.79 Å². The van der Waals surface area contributed by atoms with Gasteiger partial charge in [0.15, 0.2) is 0 Å². The molecule has 9 heteroatoms. The zero-order valence-electron chi connectivity index (χ0n) is 13.6. The highest BCUT2D eigenvalue weighted by atomic mass is 35.5. The molecular formula is C16H16ClN3O4S. The smallest absolute Gasteiger partial charge is 0.328 e. The highest BCUT2D eigenvalue weighted by molar-refractivity contribution is 7.10. The highest BCUT2D eigenvalue weighted by Gasteiger charge is 2.17. The van der Waals surface area contributed by atoms with Gasteiger partial charge in [-0.15, -0.1) is 5.10 Å². The van der Waals surface area contributed by atoms with Crippen LogP contribution in [0.3, 0.4) is 0 Å². The third kappa shape index (κ3) is 5.84. The molecule has 0 saturated heterocycles. The Balaban J connectivity index is 1.80. The molecule has 0 aliphatic rings. The van der Waals surface area contributed by atoms with E-state index in [1.807, 2.05) is 12.1 Å². The van der Waals surface area contributed by atoms with Crippen molar-refractivity contribution in [1.29, 1.82) is 0 Å². The Morgan fingerprint density at radius 3 is 2.68 bits per heavy atom. The number of rotatable bonds is 7. The van der Waals surface area contributed by atoms with E-state index < -0.39 is 17.9 Å². The Hall–Kier alpha value is -2.45. The zero-order chi connectivity index (χ0) is 18.2. The third-order valence-electron chi connectivity index (χ3n) is 3.12. The first-order chi connectivity index (χ1) is 12.0. The number of amides is 1. The van der Waals surface area contributed by atoms with Gasteiger partial charge < -0.3 is 14.8 Å². The molecule has 132 valence electrons. The predicted octanol–water partition coefficient (Wildman–Crippen LogP) is 2.46. The van der Waals surface area contributed by atoms with Crippen LogP contribution in [0.1, 0.15) is 18.2 Å². The molecule has 0 aliphatic carbocycles. The van der Waals surface area contributed by atoms with Gasteiger partial charge in [0.2, 0.25) is 5.91 Å². The topological polar surface area (TPSA) is 90.4 Å². The van der Waals surface area contributed by atoms with Crippen LogP contribution in [0.25, 0.3) is 6.08 Å². The second kappa shape index (κ2) is 9.14. The predicted molar refractivity (Wildman–Crippen MR) is 94.3 cm³/mol. The van der Waals surface area contributed by atoms with E-state index in [2.05, 4.69) is 14.9 Å². The average Bonchev–Trinajstić information content (AvgIpc) is 3.03. The summed E-state index contributed by atoms with van der Waals surface area (Å²) in [4.78, 5) is 23.7. The molecule has 0 unspecified atom stereocenters. The minimum absolute atomic E-state index is 0.0872. The number of halogens is 1. The Morgan fingerprint density at radius 2 is 2.08 bits per heavy atom. The van der Waals surface area contributed by atoms with Crippen molar-refractivity contribution >= 4 is 41.1 Å². The summed E-state index contributed by atoms with van der Waals surface area (Å²) in [7, 11) is 1.58. The van der Waals surface area contributed by atoms with Gasteiger partial charge in [0.05, 0.1) is 7.11 Å². The summed E-state index contributed by atoms with van der Waals surface area (Å²) in [6.45, 7) is 1.44. The number of ether oxygens (including phenoxy) is 2. The molecule has 0 saturated carbocycles. The van der Waals surface area contributed by atoms with Crippen LogP contribution in [0.5, 0.6) is 5.75 Å². The SMILES string of the molecule is COc1ccc(/C=C/C(=O)N[C@@H](C)C(=O)OCc2nnsc2Cl)cc1. The van der Waals surface area contributed by atoms with E-state index in [-0.39, 0.29) is 6.61 Å². The summed E-state index contributed by atoms with van der Waals surface area (Å²) >= 11 is 6.83. The lowest BCUT2D eigenvalue weighted by atomic mass is 10.2. The summed E-state index contributed by atoms with van der Waals surface area (Å²) in [6.07, 6.45) is 2.97. The average molecular weight is 382 g/mol. The Morgan fingerprint density at radius 1 is 1.36 bits per heavy atom. The van der Waals surface area contributed by atoms with Crippen LogP contribution in [0, 0.1) is 0 Å². The van der Waals surface area contributed by atoms with Crippen molar-refractivity contribution in [1.82, 2.24) is 14.9 Å². The molecule has 0 bridgehead atoms. The maximum Gasteiger partial charge on any atom is 0.328 e. The fraction of sp³-hybridized carbons (Fsp3) is 0.250. The summed E-state index contributed by atoms with van der Waals surface area (Å²) in [5, 5.41) is 6.26. The minimum Gasteiger partial charge on any atom is -0.497 e. The second-order valence-electron chi connectivity index (χ2n) is 4.94. The lowest BCUT2D eigenvalue weighted by molar-refractivity contribution is -0.148. The highest BCUT2D eigenvalue weighted by Crippen LogP contribution is 2.18. The Bertz CT molecular complexity index is 761. The van der Waals surface area contributed by atoms with Crippen molar-refractivity contribution in [3.8, 4) is 5.75 Å². The van der Waals surface area contributed by atoms with Gasteiger partial charge in [-0.25, -0.2) is 4.79 Å². The maximum absolute atomic E-state index is 11.9. The second-order valence-corrected chi connectivity index (χ2v) is 6.29. The molecular weight excluding hydrogens is 366 g/mol. The van der Waals surface area contributed by atoms with Gasteiger partial charge in [-0.1, -0.05) is 28.2 Å². The van der Waals surface area contributed by atoms with Crippen molar-refractivity contribution in [2.75, 3.05) is 7.11 Å². The van der Waals surface area contributed by atoms with E-state index in [1.165, 1.54) is 13.0 Å². The first-order valence-electron chi connectivity index (χ1n) is 7.25. The molecule has 2 rings (SSSR count). The largest absolute Gasteiger partial charge is 0.497 e. The lowest BCUT2D eigenvalue weighted by Crippen LogP contribution is -2.38. The van der Waals surface area contributed by atoms with E-state index in [0.29, 0.717) is 10.0 Å². The molecule has 1 amide bonds. The van der Waals surface area contributed by atoms with Crippen LogP contribution in [0.15, 0.2) is 30.3 Å². The van der Waals surface area contributed by atoms with Crippen LogP contribution in [-0.4, -0.2) is 34.6 Å². The first kappa shape index (κ1) is 18.9. The number of nitrogens with one attached hydrogen (secondary N) is 1. The standard InChI is InChI=1S/C16H16ClN3O4S/c1-10(16(22)24-9-13-15(17)25-20-19-13)18-14(21)8-5-11-3-6-12(23-2)7-4-11/h3-8,10H,9H2,1-2H3,(H,18,21)/b8-5+/t10-/m0/s1. The Labute approximate surface area is 153 Å². The van der Waals surface area contributed by atoms with Crippen molar-refractivity contribution in [2.45, 2.75) is 19.6 Å². The molecule has 1 heterocycles. The van der Waals surface area contributed by atoms with Crippen LogP contribution in [-0.2, 0) is 20.9 Å². The van der Waals surface area contributed by atoms with Crippen LogP contribution >= 0.6 is 23.1 Å². The minimum atomic E-state index is -0.807. The van der Waals surface area contributed by atoms with Gasteiger partial charge in [0.1, 0.15) is 28.4 Å². The van der Waals surface area contributed by atoms with E-state index in [4.69, 9.17) is 21.1 Å². The van der Waals surface area contributed by atoms with Gasteiger partial charge in [-0.05, 0) is 30.7 Å². The van der Waals surface area contributed by atoms with E-state index in [1.54, 1.807) is 25.3 Å². The summed E-state index contributed by atoms with van der Waals surface area (Å²) in [5.74, 6) is -0.266. The number of benzene rings is 1. The lowest BCUT2D eigenvalue weighted by Gasteiger charge is -2.11. The normalized spacial score (nSPS) is 12.0. The van der Waals surface area contributed by atoms with Crippen molar-refractivity contribution < 1.29 is 19.1 Å². The molecule has 1 N–H and O–H groups in total. The van der Waals surface area contributed by atoms with Crippen LogP contribution < -0.4 is 10.1 Å². The molecule has 1 aromatic heterocycles. The Kier molecular flexibility index (Phi) is 6.91. The van der Waals surface area contributed by atoms with Crippen molar-refractivity contribution in [3.05, 3.63) is 45.9 Å². The number of hydrogen-bond acceptors (Lipinski definition) is 7. The van der Waals surface area contributed by atoms with E-state index in [0.717, 1.165) is 22.8 Å². The van der Waals surface area contributed by atoms with E-state index in [9.17, 15) is 9.59 Å². The number of aromatic nitrogens is 2. The van der Waals surface area contributed by atoms with E-state index >= 15 is 0 Å². The third-order valence-corrected chi connectivity index (χ3v) is 4.10. The number of methoxy groups -OCH3 is 1. The number of carbonyl (C=O) groups is 2. The molecule has 2 aromatic rings. The molecule has 25 heavy (non-hydrogen) atoms. The van der Waals surface area contributed by atoms with Gasteiger partial charge in [0.25, 0.3) is 0 Å². The van der Waals surface area contributed by atoms with Gasteiger partial charge in [-0.2, -0.15) is 0 Å². The molecule has 1 aromatic carbocycles. The maximum atomic E-state index is 11.9. The summed E-state index contributed by atoms with van der Waals surface area (Å²) in [5.41, 5.74) is 1.22. The fourth-order valence-electron chi connectivity index (χ4n) is 1.75. The number of nitrogens with zero attached hydrogens (tertiary/aromatic N) is 2. The number of carbonyl (C=O) groups excluding carboxylic acids is 2. The summed E-state index contributed by atoms with van der Waals surface area (Å²) < 4.78 is 14.1. The fourth-order valence-corrected chi connectivity index (χ4v) is 2.36. The monoisotopic (exact) mass is 381 g/mol. The molecule has 0 fully saturated rings. The molecule has 0 radical (unpaired) electrons. The van der Waals surface area contributed by atoms with Crippen molar-refractivity contribution in [3.63, 3.8) is 0 Å². The van der Waals surface area contributed by atoms with Crippen molar-refractivity contribution in [2.24, 2.45) is 0 Å². The molecule has 0 spiro atoms. The number of esters is 1. The number of hydrogen-bond donors (Lipinski definition) is 1. The van der Waals surface area contributed by atoms with Crippen LogP contribution in [0.2, 0.25) is 4.34 Å². The zero-order valence-corrected chi connectivity index (χ0v) is 15.1. The quantitative estimate of drug-likeness (QED) is 0.585. The van der Waals surface area contributed by atoms with Gasteiger partial charge in [0, 0.05) is 17.6 Å². The van der Waals surface area contributed by atoms with Gasteiger partial charge >= 0.3 is 5.97 Å². The molecule has 7 nitrogen and oxygen atoms in total. The molecule has 0 aliphatic heterocycles. The first-order valence-corrected chi connectivity index (χ1v) is 8.40. The van der Waals surface area contributed by atoms with Crippen LogP contribution in [0.4, 0.5) is 0 Å². The summed E-state index contributed by atoms with van der Waals surface area (Å²) in [6, 6.07) is 6.39.